The number of unbranched alkanes of at least 4 members (excludes halogenated alkanes) is 1. The lowest BCUT2D eigenvalue weighted by atomic mass is 10.2. The first-order valence-electron chi connectivity index (χ1n) is 6.13. The zero-order chi connectivity index (χ0) is 14.0. The predicted molar refractivity (Wildman–Crippen MR) is 71.8 cm³/mol. The summed E-state index contributed by atoms with van der Waals surface area (Å²) < 4.78 is 38.6. The first kappa shape index (κ1) is 14.1. The minimum atomic E-state index is -4.07. The second-order valence-corrected chi connectivity index (χ2v) is 5.06. The number of aromatic nitrogens is 2. The third kappa shape index (κ3) is 3.59. The Morgan fingerprint density at radius 3 is 2.68 bits per heavy atom. The average Bonchev–Trinajstić information content (AvgIpc) is 2.58. The molecule has 1 aromatic heterocycles. The van der Waals surface area contributed by atoms with Gasteiger partial charge in [-0.05, 0) is 49.7 Å². The Hall–Kier alpha value is -1.30. The monoisotopic (exact) mass is 288 g/mol. The van der Waals surface area contributed by atoms with E-state index in [0.29, 0.717) is 17.7 Å². The summed E-state index contributed by atoms with van der Waals surface area (Å²) in [5.41, 5.74) is 3.00. The second-order valence-electron chi connectivity index (χ2n) is 4.67. The predicted octanol–water partition coefficient (Wildman–Crippen LogP) is 4.74. The van der Waals surface area contributed by atoms with Gasteiger partial charge in [0.15, 0.2) is 4.77 Å². The van der Waals surface area contributed by atoms with E-state index in [1.54, 1.807) is 0 Å². The van der Waals surface area contributed by atoms with Crippen LogP contribution in [-0.4, -0.2) is 15.7 Å². The smallest absolute Gasteiger partial charge is 0.331 e. The van der Waals surface area contributed by atoms with Crippen molar-refractivity contribution in [2.45, 2.75) is 38.9 Å². The van der Waals surface area contributed by atoms with Crippen LogP contribution in [0.5, 0.6) is 0 Å². The van der Waals surface area contributed by atoms with Crippen molar-refractivity contribution in [3.8, 4) is 0 Å². The Kier molecular flexibility index (Phi) is 3.99. The number of halogens is 3. The highest BCUT2D eigenvalue weighted by Crippen LogP contribution is 2.23. The number of imidazole rings is 1. The van der Waals surface area contributed by atoms with Crippen LogP contribution in [0.25, 0.3) is 11.0 Å². The molecule has 2 nitrogen and oxygen atoms in total. The number of hydrogen-bond acceptors (Lipinski definition) is 1. The summed E-state index contributed by atoms with van der Waals surface area (Å²) in [5.74, 6) is 0. The van der Waals surface area contributed by atoms with Crippen LogP contribution in [0.1, 0.15) is 24.8 Å². The van der Waals surface area contributed by atoms with Crippen LogP contribution in [0, 0.1) is 11.7 Å². The van der Waals surface area contributed by atoms with Crippen LogP contribution in [0.3, 0.4) is 0 Å². The van der Waals surface area contributed by atoms with Gasteiger partial charge >= 0.3 is 6.18 Å². The fraction of sp³-hybridized carbons (Fsp3) is 0.462. The van der Waals surface area contributed by atoms with Gasteiger partial charge in [0.25, 0.3) is 0 Å². The fourth-order valence-electron chi connectivity index (χ4n) is 2.09. The summed E-state index contributed by atoms with van der Waals surface area (Å²) in [6.07, 6.45) is -4.21. The zero-order valence-electron chi connectivity index (χ0n) is 10.5. The van der Waals surface area contributed by atoms with Crippen molar-refractivity contribution in [2.24, 2.45) is 0 Å². The Bertz CT molecular complexity index is 625. The summed E-state index contributed by atoms with van der Waals surface area (Å²) in [7, 11) is 0. The van der Waals surface area contributed by atoms with E-state index in [9.17, 15) is 13.2 Å². The molecule has 0 saturated carbocycles. The molecule has 0 aliphatic heterocycles. The van der Waals surface area contributed by atoms with Crippen molar-refractivity contribution < 1.29 is 13.2 Å². The van der Waals surface area contributed by atoms with Crippen LogP contribution in [-0.2, 0) is 6.54 Å². The van der Waals surface area contributed by atoms with Gasteiger partial charge in [0.1, 0.15) is 0 Å². The number of rotatable bonds is 4. The first-order valence-corrected chi connectivity index (χ1v) is 6.53. The summed E-state index contributed by atoms with van der Waals surface area (Å²) in [6.45, 7) is 2.50. The molecule has 6 heteroatoms. The molecule has 2 aromatic rings. The quantitative estimate of drug-likeness (QED) is 0.636. The highest BCUT2D eigenvalue weighted by molar-refractivity contribution is 7.71. The summed E-state index contributed by atoms with van der Waals surface area (Å²) >= 11 is 5.20. The second kappa shape index (κ2) is 5.36. The highest BCUT2D eigenvalue weighted by atomic mass is 32.1. The van der Waals surface area contributed by atoms with Crippen molar-refractivity contribution >= 4 is 23.3 Å². The molecule has 0 aliphatic carbocycles. The average molecular weight is 288 g/mol. The Morgan fingerprint density at radius 2 is 2.00 bits per heavy atom. The lowest BCUT2D eigenvalue weighted by Gasteiger charge is -2.07. The SMILES string of the molecule is Cc1ccc2c(c1)[nH]c(=S)n2CCCCC(F)(F)F. The lowest BCUT2D eigenvalue weighted by Crippen LogP contribution is -2.07. The molecule has 0 aliphatic rings. The van der Waals surface area contributed by atoms with Crippen molar-refractivity contribution in [3.63, 3.8) is 0 Å². The van der Waals surface area contributed by atoms with E-state index in [1.807, 2.05) is 29.7 Å². The van der Waals surface area contributed by atoms with Crippen molar-refractivity contribution in [3.05, 3.63) is 28.5 Å². The molecule has 1 heterocycles. The number of hydrogen-bond donors (Lipinski definition) is 1. The van der Waals surface area contributed by atoms with Crippen LogP contribution in [0.15, 0.2) is 18.2 Å². The van der Waals surface area contributed by atoms with E-state index in [4.69, 9.17) is 12.2 Å². The molecule has 0 amide bonds. The molecule has 0 saturated heterocycles. The van der Waals surface area contributed by atoms with E-state index < -0.39 is 12.6 Å². The summed E-state index contributed by atoms with van der Waals surface area (Å²) in [6, 6.07) is 5.90. The fourth-order valence-corrected chi connectivity index (χ4v) is 2.39. The van der Waals surface area contributed by atoms with E-state index in [1.165, 1.54) is 0 Å². The summed E-state index contributed by atoms with van der Waals surface area (Å²) in [4.78, 5) is 3.08. The molecular weight excluding hydrogens is 273 g/mol. The van der Waals surface area contributed by atoms with Crippen molar-refractivity contribution in [1.29, 1.82) is 0 Å². The van der Waals surface area contributed by atoms with Gasteiger partial charge in [-0.2, -0.15) is 13.2 Å². The minimum Gasteiger partial charge on any atom is -0.331 e. The van der Waals surface area contributed by atoms with Crippen LogP contribution in [0.4, 0.5) is 13.2 Å². The normalized spacial score (nSPS) is 12.2. The molecule has 0 atom stereocenters. The maximum atomic E-state index is 12.1. The zero-order valence-corrected chi connectivity index (χ0v) is 11.4. The number of nitrogens with zero attached hydrogens (tertiary/aromatic N) is 1. The van der Waals surface area contributed by atoms with Crippen LogP contribution >= 0.6 is 12.2 Å². The van der Waals surface area contributed by atoms with Gasteiger partial charge in [0.2, 0.25) is 0 Å². The molecule has 0 radical (unpaired) electrons. The number of alkyl halides is 3. The third-order valence-electron chi connectivity index (χ3n) is 3.02. The Labute approximate surface area is 114 Å². The molecular formula is C13H15F3N2S. The number of H-pyrrole nitrogens is 1. The van der Waals surface area contributed by atoms with E-state index in [-0.39, 0.29) is 6.42 Å². The number of aromatic amines is 1. The topological polar surface area (TPSA) is 20.7 Å². The molecule has 19 heavy (non-hydrogen) atoms. The largest absolute Gasteiger partial charge is 0.389 e. The molecule has 104 valence electrons. The van der Waals surface area contributed by atoms with Crippen LogP contribution < -0.4 is 0 Å². The standard InChI is InChI=1S/C13H15F3N2S/c1-9-4-5-11-10(8-9)17-12(19)18(11)7-3-2-6-13(14,15)16/h4-5,8H,2-3,6-7H2,1H3,(H,17,19). The molecule has 2 rings (SSSR count). The van der Waals surface area contributed by atoms with Crippen molar-refractivity contribution in [1.82, 2.24) is 9.55 Å². The molecule has 1 N–H and O–H groups in total. The van der Waals surface area contributed by atoms with Gasteiger partial charge in [-0.1, -0.05) is 6.07 Å². The van der Waals surface area contributed by atoms with Gasteiger partial charge in [-0.15, -0.1) is 0 Å². The van der Waals surface area contributed by atoms with E-state index in [2.05, 4.69) is 4.98 Å². The maximum absolute atomic E-state index is 12.1. The molecule has 0 fully saturated rings. The Balaban J connectivity index is 2.09. The summed E-state index contributed by atoms with van der Waals surface area (Å²) in [5, 5.41) is 0. The van der Waals surface area contributed by atoms with Gasteiger partial charge in [-0.25, -0.2) is 0 Å². The Morgan fingerprint density at radius 1 is 1.26 bits per heavy atom. The van der Waals surface area contributed by atoms with Crippen molar-refractivity contribution in [2.75, 3.05) is 0 Å². The van der Waals surface area contributed by atoms with E-state index in [0.717, 1.165) is 16.6 Å². The minimum absolute atomic E-state index is 0.129. The maximum Gasteiger partial charge on any atom is 0.389 e. The number of benzene rings is 1. The third-order valence-corrected chi connectivity index (χ3v) is 3.34. The number of fused-ring (bicyclic) bond motifs is 1. The van der Waals surface area contributed by atoms with Gasteiger partial charge in [0, 0.05) is 13.0 Å². The molecule has 0 spiro atoms. The van der Waals surface area contributed by atoms with Crippen LogP contribution in [0.2, 0.25) is 0 Å². The first-order chi connectivity index (χ1) is 8.87. The van der Waals surface area contributed by atoms with Gasteiger partial charge in [-0.3, -0.25) is 0 Å². The number of nitrogens with one attached hydrogen (secondary N) is 1. The van der Waals surface area contributed by atoms with E-state index >= 15 is 0 Å². The molecule has 1 aromatic carbocycles. The van der Waals surface area contributed by atoms with Gasteiger partial charge in [0.05, 0.1) is 11.0 Å². The molecule has 0 unspecified atom stereocenters. The lowest BCUT2D eigenvalue weighted by molar-refractivity contribution is -0.135. The molecule has 0 bridgehead atoms. The van der Waals surface area contributed by atoms with Gasteiger partial charge < -0.3 is 9.55 Å². The number of aryl methyl sites for hydroxylation is 2. The highest BCUT2D eigenvalue weighted by Gasteiger charge is 2.25.